The third-order valence-electron chi connectivity index (χ3n) is 2.84. The Morgan fingerprint density at radius 2 is 1.88 bits per heavy atom. The number of allylic oxidation sites excluding steroid dienone is 2. The van der Waals surface area contributed by atoms with E-state index in [1.54, 1.807) is 0 Å². The number of pyridine rings is 1. The number of rotatable bonds is 2. The van der Waals surface area contributed by atoms with E-state index in [2.05, 4.69) is 42.8 Å². The van der Waals surface area contributed by atoms with Crippen LogP contribution in [0.4, 0.5) is 0 Å². The second-order valence-electron chi connectivity index (χ2n) is 4.48. The van der Waals surface area contributed by atoms with Crippen molar-refractivity contribution in [3.63, 3.8) is 0 Å². The quantitative estimate of drug-likeness (QED) is 0.686. The minimum atomic E-state index is 1.06. The summed E-state index contributed by atoms with van der Waals surface area (Å²) in [5, 5.41) is 1.19. The molecule has 2 rings (SSSR count). The number of fused-ring (bicyclic) bond motifs is 1. The fourth-order valence-corrected chi connectivity index (χ4v) is 1.86. The molecule has 0 saturated carbocycles. The van der Waals surface area contributed by atoms with Crippen LogP contribution in [0.25, 0.3) is 17.0 Å². The molecule has 86 valence electrons. The molecular formula is C16H17N. The SMILES string of the molecule is C=C(C)/C=C\c1ccc2ccc(C)nc2c1C. The Bertz CT molecular complexity index is 606. The Kier molecular flexibility index (Phi) is 3.10. The average Bonchev–Trinajstić information content (AvgIpc) is 2.29. The first-order valence-corrected chi connectivity index (χ1v) is 5.78. The minimum absolute atomic E-state index is 1.06. The van der Waals surface area contributed by atoms with E-state index in [4.69, 9.17) is 0 Å². The van der Waals surface area contributed by atoms with E-state index in [1.807, 2.05) is 26.0 Å². The second-order valence-corrected chi connectivity index (χ2v) is 4.48. The molecule has 17 heavy (non-hydrogen) atoms. The van der Waals surface area contributed by atoms with Gasteiger partial charge in [0.15, 0.2) is 0 Å². The molecule has 0 amide bonds. The van der Waals surface area contributed by atoms with Crippen LogP contribution in [-0.4, -0.2) is 4.98 Å². The molecule has 0 radical (unpaired) electrons. The number of nitrogens with zero attached hydrogens (tertiary/aromatic N) is 1. The van der Waals surface area contributed by atoms with Crippen LogP contribution in [-0.2, 0) is 0 Å². The number of aromatic nitrogens is 1. The minimum Gasteiger partial charge on any atom is -0.253 e. The molecule has 2 aromatic rings. The fraction of sp³-hybridized carbons (Fsp3) is 0.188. The summed E-state index contributed by atoms with van der Waals surface area (Å²) >= 11 is 0. The lowest BCUT2D eigenvalue weighted by molar-refractivity contribution is 1.24. The van der Waals surface area contributed by atoms with Crippen LogP contribution in [0.1, 0.15) is 23.7 Å². The topological polar surface area (TPSA) is 12.9 Å². The highest BCUT2D eigenvalue weighted by Crippen LogP contribution is 2.21. The first kappa shape index (κ1) is 11.6. The number of aryl methyl sites for hydroxylation is 2. The van der Waals surface area contributed by atoms with Crippen molar-refractivity contribution in [1.29, 1.82) is 0 Å². The Balaban J connectivity index is 2.60. The monoisotopic (exact) mass is 223 g/mol. The van der Waals surface area contributed by atoms with Gasteiger partial charge in [0.25, 0.3) is 0 Å². The summed E-state index contributed by atoms with van der Waals surface area (Å²) in [6, 6.07) is 8.42. The maximum absolute atomic E-state index is 4.61. The van der Waals surface area contributed by atoms with Crippen LogP contribution in [0.15, 0.2) is 42.5 Å². The first-order valence-electron chi connectivity index (χ1n) is 5.78. The van der Waals surface area contributed by atoms with Crippen LogP contribution in [0.5, 0.6) is 0 Å². The van der Waals surface area contributed by atoms with Gasteiger partial charge in [0.2, 0.25) is 0 Å². The van der Waals surface area contributed by atoms with Crippen molar-refractivity contribution in [1.82, 2.24) is 4.98 Å². The van der Waals surface area contributed by atoms with Crippen molar-refractivity contribution < 1.29 is 0 Å². The molecule has 1 heterocycles. The van der Waals surface area contributed by atoms with Gasteiger partial charge in [0.1, 0.15) is 0 Å². The molecule has 1 aromatic carbocycles. The molecule has 0 unspecified atom stereocenters. The fourth-order valence-electron chi connectivity index (χ4n) is 1.86. The summed E-state index contributed by atoms with van der Waals surface area (Å²) in [6.07, 6.45) is 4.13. The van der Waals surface area contributed by atoms with Crippen molar-refractivity contribution in [3.05, 3.63) is 59.3 Å². The molecule has 0 spiro atoms. The zero-order valence-electron chi connectivity index (χ0n) is 10.6. The van der Waals surface area contributed by atoms with E-state index in [0.29, 0.717) is 0 Å². The van der Waals surface area contributed by atoms with Gasteiger partial charge in [-0.25, -0.2) is 0 Å². The lowest BCUT2D eigenvalue weighted by atomic mass is 10.0. The molecule has 0 atom stereocenters. The molecule has 0 N–H and O–H groups in total. The zero-order chi connectivity index (χ0) is 12.4. The van der Waals surface area contributed by atoms with E-state index in [0.717, 1.165) is 16.8 Å². The van der Waals surface area contributed by atoms with Crippen molar-refractivity contribution in [3.8, 4) is 0 Å². The lowest BCUT2D eigenvalue weighted by Gasteiger charge is -2.06. The summed E-state index contributed by atoms with van der Waals surface area (Å²) < 4.78 is 0. The largest absolute Gasteiger partial charge is 0.253 e. The number of hydrogen-bond donors (Lipinski definition) is 0. The van der Waals surface area contributed by atoms with Gasteiger partial charge in [-0.05, 0) is 38.0 Å². The molecule has 0 bridgehead atoms. The Hall–Kier alpha value is -1.89. The highest BCUT2D eigenvalue weighted by Gasteiger charge is 2.02. The maximum Gasteiger partial charge on any atom is 0.0740 e. The second kappa shape index (κ2) is 4.54. The molecule has 0 aliphatic carbocycles. The van der Waals surface area contributed by atoms with Crippen LogP contribution >= 0.6 is 0 Å². The Morgan fingerprint density at radius 3 is 2.59 bits per heavy atom. The van der Waals surface area contributed by atoms with Gasteiger partial charge < -0.3 is 0 Å². The lowest BCUT2D eigenvalue weighted by Crippen LogP contribution is -1.89. The van der Waals surface area contributed by atoms with Gasteiger partial charge in [0.05, 0.1) is 5.52 Å². The van der Waals surface area contributed by atoms with Crippen LogP contribution < -0.4 is 0 Å². The molecule has 0 aliphatic heterocycles. The first-order chi connectivity index (χ1) is 8.08. The third-order valence-corrected chi connectivity index (χ3v) is 2.84. The molecule has 0 aliphatic rings. The Morgan fingerprint density at radius 1 is 1.18 bits per heavy atom. The molecule has 1 heteroatoms. The number of hydrogen-bond acceptors (Lipinski definition) is 1. The average molecular weight is 223 g/mol. The van der Waals surface area contributed by atoms with Gasteiger partial charge in [-0.1, -0.05) is 42.5 Å². The molecule has 0 fully saturated rings. The predicted molar refractivity (Wildman–Crippen MR) is 75.1 cm³/mol. The third kappa shape index (κ3) is 2.44. The van der Waals surface area contributed by atoms with Crippen molar-refractivity contribution in [2.75, 3.05) is 0 Å². The summed E-state index contributed by atoms with van der Waals surface area (Å²) in [5.74, 6) is 0. The van der Waals surface area contributed by atoms with Crippen LogP contribution in [0.2, 0.25) is 0 Å². The van der Waals surface area contributed by atoms with E-state index in [-0.39, 0.29) is 0 Å². The summed E-state index contributed by atoms with van der Waals surface area (Å²) in [4.78, 5) is 4.61. The van der Waals surface area contributed by atoms with Crippen LogP contribution in [0, 0.1) is 13.8 Å². The van der Waals surface area contributed by atoms with Crippen molar-refractivity contribution >= 4 is 17.0 Å². The summed E-state index contributed by atoms with van der Waals surface area (Å²) in [5.41, 5.74) is 5.64. The standard InChI is InChI=1S/C16H17N/c1-11(2)5-7-14-9-10-15-8-6-12(3)17-16(15)13(14)4/h5-10H,1H2,2-4H3/b7-5-. The van der Waals surface area contributed by atoms with E-state index < -0.39 is 0 Å². The van der Waals surface area contributed by atoms with E-state index in [1.165, 1.54) is 16.5 Å². The van der Waals surface area contributed by atoms with Crippen molar-refractivity contribution in [2.24, 2.45) is 0 Å². The summed E-state index contributed by atoms with van der Waals surface area (Å²) in [7, 11) is 0. The predicted octanol–water partition coefficient (Wildman–Crippen LogP) is 4.44. The molecule has 0 saturated heterocycles. The highest BCUT2D eigenvalue weighted by atomic mass is 14.7. The van der Waals surface area contributed by atoms with E-state index >= 15 is 0 Å². The maximum atomic E-state index is 4.61. The van der Waals surface area contributed by atoms with Gasteiger partial charge in [-0.3, -0.25) is 4.98 Å². The van der Waals surface area contributed by atoms with Crippen LogP contribution in [0.3, 0.4) is 0 Å². The van der Waals surface area contributed by atoms with Gasteiger partial charge in [-0.15, -0.1) is 0 Å². The van der Waals surface area contributed by atoms with Gasteiger partial charge in [-0.2, -0.15) is 0 Å². The van der Waals surface area contributed by atoms with Gasteiger partial charge >= 0.3 is 0 Å². The summed E-state index contributed by atoms with van der Waals surface area (Å²) in [6.45, 7) is 10.0. The molecular weight excluding hydrogens is 206 g/mol. The Labute approximate surface area is 103 Å². The molecule has 1 aromatic heterocycles. The van der Waals surface area contributed by atoms with Gasteiger partial charge in [0, 0.05) is 11.1 Å². The zero-order valence-corrected chi connectivity index (χ0v) is 10.6. The number of benzene rings is 1. The smallest absolute Gasteiger partial charge is 0.0740 e. The van der Waals surface area contributed by atoms with E-state index in [9.17, 15) is 0 Å². The van der Waals surface area contributed by atoms with Crippen molar-refractivity contribution in [2.45, 2.75) is 20.8 Å². The molecule has 1 nitrogen and oxygen atoms in total. The normalized spacial score (nSPS) is 11.2. The highest BCUT2D eigenvalue weighted by molar-refractivity contribution is 5.85.